The van der Waals surface area contributed by atoms with Crippen molar-refractivity contribution in [3.63, 3.8) is 0 Å². The average Bonchev–Trinajstić information content (AvgIpc) is 3.49. The summed E-state index contributed by atoms with van der Waals surface area (Å²) in [5.74, 6) is 1.82. The molecule has 3 aromatic carbocycles. The molecule has 1 aliphatic heterocycles. The van der Waals surface area contributed by atoms with E-state index in [4.69, 9.17) is 14.3 Å². The first kappa shape index (κ1) is 29.6. The van der Waals surface area contributed by atoms with Crippen LogP contribution in [0.4, 0.5) is 5.69 Å². The van der Waals surface area contributed by atoms with Crippen molar-refractivity contribution in [1.29, 1.82) is 0 Å². The van der Waals surface area contributed by atoms with Crippen molar-refractivity contribution in [3.8, 4) is 28.3 Å². The van der Waals surface area contributed by atoms with Crippen molar-refractivity contribution in [1.82, 2.24) is 10.1 Å². The number of aliphatic hydroxyl groups excluding tert-OH is 1. The molecule has 0 saturated heterocycles. The highest BCUT2D eigenvalue weighted by Gasteiger charge is 2.24. The number of hydrogen-bond acceptors (Lipinski definition) is 7. The van der Waals surface area contributed by atoms with Gasteiger partial charge in [0.2, 0.25) is 0 Å². The van der Waals surface area contributed by atoms with Gasteiger partial charge >= 0.3 is 5.76 Å². The Bertz CT molecular complexity index is 1680. The van der Waals surface area contributed by atoms with Gasteiger partial charge in [0.25, 0.3) is 0 Å². The summed E-state index contributed by atoms with van der Waals surface area (Å²) in [6.07, 6.45) is 7.07. The first-order valence-electron chi connectivity index (χ1n) is 15.8. The van der Waals surface area contributed by atoms with E-state index in [1.54, 1.807) is 0 Å². The molecule has 0 spiro atoms. The molecule has 2 N–H and O–H groups in total. The number of benzene rings is 3. The lowest BCUT2D eigenvalue weighted by Crippen LogP contribution is -2.36. The minimum atomic E-state index is -0.568. The van der Waals surface area contributed by atoms with E-state index < -0.39 is 5.76 Å². The third-order valence-electron chi connectivity index (χ3n) is 8.54. The highest BCUT2D eigenvalue weighted by Crippen LogP contribution is 2.33. The second-order valence-corrected chi connectivity index (χ2v) is 11.7. The normalized spacial score (nSPS) is 18.8. The van der Waals surface area contributed by atoms with Gasteiger partial charge in [-0.2, -0.15) is 0 Å². The smallest absolute Gasteiger partial charge is 0.439 e. The van der Waals surface area contributed by atoms with Gasteiger partial charge in [0.15, 0.2) is 5.82 Å². The number of aromatic amines is 1. The molecular weight excluding hydrogens is 552 g/mol. The Morgan fingerprint density at radius 1 is 0.955 bits per heavy atom. The third kappa shape index (κ3) is 6.70. The number of rotatable bonds is 10. The van der Waals surface area contributed by atoms with Gasteiger partial charge in [-0.05, 0) is 85.1 Å². The zero-order chi connectivity index (χ0) is 30.5. The van der Waals surface area contributed by atoms with Crippen LogP contribution in [0.3, 0.4) is 0 Å². The zero-order valence-corrected chi connectivity index (χ0v) is 25.5. The first-order valence-corrected chi connectivity index (χ1v) is 15.8. The zero-order valence-electron chi connectivity index (χ0n) is 25.5. The summed E-state index contributed by atoms with van der Waals surface area (Å²) in [5, 5.41) is 13.7. The van der Waals surface area contributed by atoms with Gasteiger partial charge < -0.3 is 14.7 Å². The first-order chi connectivity index (χ1) is 21.5. The van der Waals surface area contributed by atoms with E-state index in [-0.39, 0.29) is 12.2 Å². The van der Waals surface area contributed by atoms with Crippen LogP contribution in [-0.2, 0) is 6.42 Å². The number of anilines is 1. The number of aromatic nitrogens is 2. The molecule has 0 atom stereocenters. The molecule has 2 heterocycles. The molecule has 44 heavy (non-hydrogen) atoms. The molecule has 1 fully saturated rings. The number of aliphatic imine (C=N–C) groups is 1. The van der Waals surface area contributed by atoms with Gasteiger partial charge in [-0.25, -0.2) is 9.79 Å². The van der Waals surface area contributed by atoms with Crippen LogP contribution >= 0.6 is 0 Å². The van der Waals surface area contributed by atoms with Crippen LogP contribution < -0.4 is 15.4 Å². The average molecular weight is 593 g/mol. The molecule has 228 valence electrons. The van der Waals surface area contributed by atoms with E-state index in [1.165, 1.54) is 16.8 Å². The van der Waals surface area contributed by atoms with Gasteiger partial charge in [0.05, 0.1) is 12.2 Å². The van der Waals surface area contributed by atoms with Crippen molar-refractivity contribution in [2.24, 2.45) is 4.99 Å². The summed E-state index contributed by atoms with van der Waals surface area (Å²) in [4.78, 5) is 21.7. The number of nitrogens with one attached hydrogen (secondary N) is 1. The highest BCUT2D eigenvalue weighted by molar-refractivity contribution is 5.99. The minimum Gasteiger partial charge on any atom is -0.490 e. The molecule has 1 aliphatic carbocycles. The summed E-state index contributed by atoms with van der Waals surface area (Å²) in [6.45, 7) is 5.17. The minimum absolute atomic E-state index is 0.171. The van der Waals surface area contributed by atoms with Crippen LogP contribution in [0.25, 0.3) is 22.5 Å². The van der Waals surface area contributed by atoms with Crippen molar-refractivity contribution < 1.29 is 14.4 Å². The van der Waals surface area contributed by atoms with E-state index in [2.05, 4.69) is 77.4 Å². The number of ether oxygens (including phenoxy) is 1. The molecule has 0 radical (unpaired) electrons. The SMILES string of the molecule is CCCC1=C(Cc2ccc(-c3ccccc3-c3noc(=O)[nH]3)cc2)CN(c2ccc(OC3CCC(O)CC3)cc2)C(CC)=N1. The quantitative estimate of drug-likeness (QED) is 0.200. The van der Waals surface area contributed by atoms with Crippen LogP contribution in [0.1, 0.15) is 64.4 Å². The molecular formula is C36H40N4O4. The molecule has 0 bridgehead atoms. The molecule has 1 aromatic heterocycles. The predicted octanol–water partition coefficient (Wildman–Crippen LogP) is 7.30. The standard InChI is InChI=1S/C36H40N4O4/c1-3-7-33-26(22-24-10-12-25(13-11-24)31-8-5-6-9-32(31)35-38-36(42)44-39-35)23-40(34(4-2)37-33)27-14-18-29(19-15-27)43-30-20-16-28(41)17-21-30/h5-6,8-15,18-19,28,30,41H,3-4,7,16-17,20-23H2,1-2H3,(H,38,39,42). The Labute approximate surface area is 258 Å². The Morgan fingerprint density at radius 2 is 1.68 bits per heavy atom. The van der Waals surface area contributed by atoms with Crippen molar-refractivity contribution in [2.75, 3.05) is 11.4 Å². The Hall–Kier alpha value is -4.43. The largest absolute Gasteiger partial charge is 0.490 e. The summed E-state index contributed by atoms with van der Waals surface area (Å²) < 4.78 is 11.0. The number of hydrogen-bond donors (Lipinski definition) is 2. The Kier molecular flexibility index (Phi) is 9.07. The Morgan fingerprint density at radius 3 is 2.34 bits per heavy atom. The highest BCUT2D eigenvalue weighted by atomic mass is 16.5. The molecule has 2 aliphatic rings. The van der Waals surface area contributed by atoms with E-state index in [1.807, 2.05) is 24.3 Å². The van der Waals surface area contributed by atoms with Gasteiger partial charge in [-0.1, -0.05) is 74.0 Å². The summed E-state index contributed by atoms with van der Waals surface area (Å²) in [5.41, 5.74) is 7.70. The molecule has 4 aromatic rings. The Balaban J connectivity index is 1.20. The number of nitrogens with zero attached hydrogens (tertiary/aromatic N) is 3. The van der Waals surface area contributed by atoms with Crippen molar-refractivity contribution >= 4 is 11.5 Å². The van der Waals surface area contributed by atoms with Crippen molar-refractivity contribution in [2.45, 2.75) is 77.4 Å². The maximum atomic E-state index is 11.6. The summed E-state index contributed by atoms with van der Waals surface area (Å²) in [6, 6.07) is 24.8. The van der Waals surface area contributed by atoms with E-state index in [0.29, 0.717) is 5.82 Å². The fraction of sp³-hybridized carbons (Fsp3) is 0.361. The van der Waals surface area contributed by atoms with Crippen LogP contribution in [0, 0.1) is 0 Å². The van der Waals surface area contributed by atoms with Crippen LogP contribution in [-0.4, -0.2) is 39.8 Å². The lowest BCUT2D eigenvalue weighted by molar-refractivity contribution is 0.0666. The molecule has 1 saturated carbocycles. The summed E-state index contributed by atoms with van der Waals surface area (Å²) >= 11 is 0. The molecule has 0 amide bonds. The van der Waals surface area contributed by atoms with Gasteiger partial charge in [0, 0.05) is 29.9 Å². The van der Waals surface area contributed by atoms with E-state index in [0.717, 1.165) is 91.9 Å². The maximum Gasteiger partial charge on any atom is 0.439 e. The van der Waals surface area contributed by atoms with Gasteiger partial charge in [-0.15, -0.1) is 0 Å². The molecule has 6 rings (SSSR count). The predicted molar refractivity (Wildman–Crippen MR) is 174 cm³/mol. The monoisotopic (exact) mass is 592 g/mol. The van der Waals surface area contributed by atoms with Gasteiger partial charge in [0.1, 0.15) is 11.6 Å². The molecule has 8 nitrogen and oxygen atoms in total. The fourth-order valence-corrected chi connectivity index (χ4v) is 6.20. The molecule has 0 unspecified atom stereocenters. The fourth-order valence-electron chi connectivity index (χ4n) is 6.20. The van der Waals surface area contributed by atoms with Crippen LogP contribution in [0.5, 0.6) is 5.75 Å². The number of H-pyrrole nitrogens is 1. The second kappa shape index (κ2) is 13.5. The van der Waals surface area contributed by atoms with Crippen LogP contribution in [0.2, 0.25) is 0 Å². The van der Waals surface area contributed by atoms with E-state index in [9.17, 15) is 9.90 Å². The second-order valence-electron chi connectivity index (χ2n) is 11.7. The van der Waals surface area contributed by atoms with Gasteiger partial charge in [-0.3, -0.25) is 9.51 Å². The lowest BCUT2D eigenvalue weighted by Gasteiger charge is -2.32. The third-order valence-corrected chi connectivity index (χ3v) is 8.54. The lowest BCUT2D eigenvalue weighted by atomic mass is 9.95. The maximum absolute atomic E-state index is 11.6. The number of amidine groups is 1. The van der Waals surface area contributed by atoms with Crippen molar-refractivity contribution in [3.05, 3.63) is 100 Å². The van der Waals surface area contributed by atoms with E-state index >= 15 is 0 Å². The topological polar surface area (TPSA) is 104 Å². The molecule has 8 heteroatoms. The summed E-state index contributed by atoms with van der Waals surface area (Å²) in [7, 11) is 0. The number of aliphatic hydroxyl groups is 1. The van der Waals surface area contributed by atoms with Crippen LogP contribution in [0.15, 0.2) is 98.4 Å². The number of allylic oxidation sites excluding steroid dienone is 1.